The lowest BCUT2D eigenvalue weighted by atomic mass is 9.75. The van der Waals surface area contributed by atoms with Crippen LogP contribution in [0.4, 0.5) is 5.13 Å². The third kappa shape index (κ3) is 4.19. The molecule has 5 rings (SSSR count). The topological polar surface area (TPSA) is 65.5 Å². The van der Waals surface area contributed by atoms with Gasteiger partial charge in [0, 0.05) is 12.1 Å². The molecule has 1 aliphatic carbocycles. The third-order valence-electron chi connectivity index (χ3n) is 6.74. The molecule has 0 radical (unpaired) electrons. The van der Waals surface area contributed by atoms with Gasteiger partial charge in [-0.05, 0) is 74.5 Å². The van der Waals surface area contributed by atoms with Gasteiger partial charge in [0.25, 0.3) is 0 Å². The van der Waals surface area contributed by atoms with Crippen LogP contribution >= 0.6 is 11.3 Å². The number of benzene rings is 2. The quantitative estimate of drug-likeness (QED) is 0.496. The van der Waals surface area contributed by atoms with Crippen molar-refractivity contribution in [3.05, 3.63) is 65.2 Å². The van der Waals surface area contributed by atoms with Gasteiger partial charge in [-0.2, -0.15) is 0 Å². The van der Waals surface area contributed by atoms with Crippen LogP contribution in [-0.2, 0) is 22.3 Å². The number of anilines is 1. The van der Waals surface area contributed by atoms with E-state index in [4.69, 9.17) is 14.0 Å². The first-order chi connectivity index (χ1) is 15.8. The number of allylic oxidation sites excluding steroid dienone is 1. The molecule has 8 heteroatoms. The van der Waals surface area contributed by atoms with E-state index in [-0.39, 0.29) is 18.3 Å². The highest BCUT2D eigenvalue weighted by Crippen LogP contribution is 2.43. The van der Waals surface area contributed by atoms with Gasteiger partial charge in [-0.1, -0.05) is 41.7 Å². The van der Waals surface area contributed by atoms with Crippen molar-refractivity contribution >= 4 is 29.1 Å². The van der Waals surface area contributed by atoms with Crippen molar-refractivity contribution in [3.63, 3.8) is 0 Å². The van der Waals surface area contributed by atoms with E-state index < -0.39 is 0 Å². The van der Waals surface area contributed by atoms with Crippen molar-refractivity contribution in [3.8, 4) is 16.3 Å². The van der Waals surface area contributed by atoms with E-state index in [9.17, 15) is 0 Å². The summed E-state index contributed by atoms with van der Waals surface area (Å²) in [6, 6.07) is 14.5. The fourth-order valence-electron chi connectivity index (χ4n) is 4.01. The summed E-state index contributed by atoms with van der Waals surface area (Å²) in [5.41, 5.74) is 5.05. The SMILES string of the molecule is COc1ccc(CNc2nnc(-c3ccc4c(c3)C(B3OC(C)(C)C(C)(C)O3)=CC4)s2)cc1. The Balaban J connectivity index is 1.31. The second-order valence-electron chi connectivity index (χ2n) is 9.44. The molecule has 2 heterocycles. The number of nitrogens with zero attached hydrogens (tertiary/aromatic N) is 2. The number of ether oxygens (including phenoxy) is 1. The molecule has 0 bridgehead atoms. The fraction of sp³-hybridized carbons (Fsp3) is 0.360. The van der Waals surface area contributed by atoms with Crippen LogP contribution in [0.2, 0.25) is 0 Å². The van der Waals surface area contributed by atoms with E-state index in [2.05, 4.69) is 67.5 Å². The van der Waals surface area contributed by atoms with Crippen molar-refractivity contribution in [1.29, 1.82) is 0 Å². The van der Waals surface area contributed by atoms with Crippen molar-refractivity contribution in [2.24, 2.45) is 0 Å². The molecule has 2 aromatic carbocycles. The Morgan fingerprint density at radius 2 is 1.76 bits per heavy atom. The van der Waals surface area contributed by atoms with Crippen LogP contribution in [0, 0.1) is 0 Å². The molecular weight excluding hydrogens is 433 g/mol. The zero-order valence-corrected chi connectivity index (χ0v) is 20.5. The van der Waals surface area contributed by atoms with Crippen LogP contribution in [0.1, 0.15) is 44.4 Å². The van der Waals surface area contributed by atoms with Gasteiger partial charge in [-0.3, -0.25) is 0 Å². The number of rotatable bonds is 6. The summed E-state index contributed by atoms with van der Waals surface area (Å²) in [6.07, 6.45) is 3.11. The average Bonchev–Trinajstić information content (AvgIpc) is 3.48. The highest BCUT2D eigenvalue weighted by molar-refractivity contribution is 7.18. The van der Waals surface area contributed by atoms with Gasteiger partial charge in [-0.25, -0.2) is 0 Å². The summed E-state index contributed by atoms with van der Waals surface area (Å²) in [5, 5.41) is 13.8. The van der Waals surface area contributed by atoms with E-state index in [1.807, 2.05) is 24.3 Å². The molecule has 1 aliphatic heterocycles. The fourth-order valence-corrected chi connectivity index (χ4v) is 4.75. The summed E-state index contributed by atoms with van der Waals surface area (Å²) in [6.45, 7) is 9.02. The third-order valence-corrected chi connectivity index (χ3v) is 7.67. The van der Waals surface area contributed by atoms with Crippen LogP contribution in [0.15, 0.2) is 48.5 Å². The van der Waals surface area contributed by atoms with Crippen LogP contribution in [0.25, 0.3) is 16.0 Å². The Labute approximate surface area is 199 Å². The second-order valence-corrected chi connectivity index (χ2v) is 10.4. The van der Waals surface area contributed by atoms with Gasteiger partial charge in [0.2, 0.25) is 5.13 Å². The molecule has 1 N–H and O–H groups in total. The van der Waals surface area contributed by atoms with Gasteiger partial charge in [0.05, 0.1) is 18.3 Å². The maximum Gasteiger partial charge on any atom is 0.495 e. The summed E-state index contributed by atoms with van der Waals surface area (Å²) in [4.78, 5) is 0. The standard InChI is InChI=1S/C25H28BN3O3S/c1-24(2)25(3,4)32-26(31-24)21-13-10-17-8-9-18(14-20(17)21)22-28-29-23(33-22)27-15-16-6-11-19(30-5)12-7-16/h6-9,11-14H,10,15H2,1-5H3,(H,27,29). The molecule has 33 heavy (non-hydrogen) atoms. The Kier molecular flexibility index (Phi) is 5.55. The van der Waals surface area contributed by atoms with E-state index in [1.54, 1.807) is 18.4 Å². The molecule has 1 fully saturated rings. The number of nitrogens with one attached hydrogen (secondary N) is 1. The van der Waals surface area contributed by atoms with Crippen LogP contribution < -0.4 is 10.1 Å². The lowest BCUT2D eigenvalue weighted by Crippen LogP contribution is -2.41. The molecule has 0 atom stereocenters. The minimum Gasteiger partial charge on any atom is -0.497 e. The minimum atomic E-state index is -0.359. The van der Waals surface area contributed by atoms with Crippen LogP contribution in [-0.4, -0.2) is 35.6 Å². The van der Waals surface area contributed by atoms with E-state index in [0.717, 1.165) is 38.9 Å². The summed E-state index contributed by atoms with van der Waals surface area (Å²) in [5.74, 6) is 0.850. The van der Waals surface area contributed by atoms with Gasteiger partial charge in [0.15, 0.2) is 0 Å². The molecule has 3 aromatic rings. The Hall–Kier alpha value is -2.68. The van der Waals surface area contributed by atoms with E-state index in [1.165, 1.54) is 11.1 Å². The number of methoxy groups -OCH3 is 1. The monoisotopic (exact) mass is 461 g/mol. The molecular formula is C25H28BN3O3S. The van der Waals surface area contributed by atoms with Gasteiger partial charge < -0.3 is 19.4 Å². The minimum absolute atomic E-state index is 0.359. The highest BCUT2D eigenvalue weighted by Gasteiger charge is 2.53. The Morgan fingerprint density at radius 1 is 1.03 bits per heavy atom. The average molecular weight is 461 g/mol. The summed E-state index contributed by atoms with van der Waals surface area (Å²) >= 11 is 1.55. The predicted molar refractivity (Wildman–Crippen MR) is 133 cm³/mol. The molecule has 2 aliphatic rings. The first-order valence-corrected chi connectivity index (χ1v) is 12.0. The maximum atomic E-state index is 6.31. The van der Waals surface area contributed by atoms with Crippen LogP contribution in [0.5, 0.6) is 5.75 Å². The number of hydrogen-bond donors (Lipinski definition) is 1. The lowest BCUT2D eigenvalue weighted by Gasteiger charge is -2.32. The predicted octanol–water partition coefficient (Wildman–Crippen LogP) is 5.40. The highest BCUT2D eigenvalue weighted by atomic mass is 32.1. The molecule has 6 nitrogen and oxygen atoms in total. The Morgan fingerprint density at radius 3 is 2.45 bits per heavy atom. The molecule has 170 valence electrons. The number of hydrogen-bond acceptors (Lipinski definition) is 7. The molecule has 1 aromatic heterocycles. The Bertz CT molecular complexity index is 1190. The number of aromatic nitrogens is 2. The molecule has 0 amide bonds. The molecule has 0 unspecified atom stereocenters. The van der Waals surface area contributed by atoms with Crippen LogP contribution in [0.3, 0.4) is 0 Å². The first kappa shape index (κ1) is 22.1. The number of fused-ring (bicyclic) bond motifs is 1. The van der Waals surface area contributed by atoms with Crippen molar-refractivity contribution in [2.45, 2.75) is 51.9 Å². The van der Waals surface area contributed by atoms with Gasteiger partial charge in [-0.15, -0.1) is 10.2 Å². The van der Waals surface area contributed by atoms with Gasteiger partial charge >= 0.3 is 7.12 Å². The molecule has 1 saturated heterocycles. The second kappa shape index (κ2) is 8.27. The van der Waals surface area contributed by atoms with Gasteiger partial charge in [0.1, 0.15) is 10.8 Å². The smallest absolute Gasteiger partial charge is 0.495 e. The molecule has 0 spiro atoms. The lowest BCUT2D eigenvalue weighted by molar-refractivity contribution is 0.00578. The van der Waals surface area contributed by atoms with Crippen molar-refractivity contribution in [1.82, 2.24) is 10.2 Å². The normalized spacial score (nSPS) is 18.2. The van der Waals surface area contributed by atoms with Crippen molar-refractivity contribution in [2.75, 3.05) is 12.4 Å². The zero-order chi connectivity index (χ0) is 23.2. The summed E-state index contributed by atoms with van der Waals surface area (Å²) in [7, 11) is 1.31. The first-order valence-electron chi connectivity index (χ1n) is 11.2. The van der Waals surface area contributed by atoms with E-state index >= 15 is 0 Å². The van der Waals surface area contributed by atoms with E-state index in [0.29, 0.717) is 6.54 Å². The largest absolute Gasteiger partial charge is 0.497 e. The molecule has 0 saturated carbocycles. The van der Waals surface area contributed by atoms with Crippen molar-refractivity contribution < 1.29 is 14.0 Å². The maximum absolute atomic E-state index is 6.31. The summed E-state index contributed by atoms with van der Waals surface area (Å²) < 4.78 is 17.8. The zero-order valence-electron chi connectivity index (χ0n) is 19.6.